The maximum absolute atomic E-state index is 6.48. The molecule has 0 bridgehead atoms. The Hall–Kier alpha value is -1.06. The smallest absolute Gasteiger partial charge is 0.124 e. The van der Waals surface area contributed by atoms with Gasteiger partial charge in [0.2, 0.25) is 0 Å². The summed E-state index contributed by atoms with van der Waals surface area (Å²) in [6.07, 6.45) is 1.27. The molecule has 4 unspecified atom stereocenters. The second kappa shape index (κ2) is 5.14. The highest BCUT2D eigenvalue weighted by Gasteiger charge is 2.35. The van der Waals surface area contributed by atoms with Gasteiger partial charge in [0.1, 0.15) is 12.4 Å². The number of likely N-dealkylation sites (tertiary alicyclic amines) is 1. The van der Waals surface area contributed by atoms with Gasteiger partial charge in [-0.2, -0.15) is 0 Å². The number of nitrogens with zero attached hydrogens (tertiary/aromatic N) is 1. The van der Waals surface area contributed by atoms with Gasteiger partial charge >= 0.3 is 0 Å². The number of ether oxygens (including phenoxy) is 1. The predicted molar refractivity (Wildman–Crippen MR) is 77.2 cm³/mol. The van der Waals surface area contributed by atoms with E-state index < -0.39 is 0 Å². The van der Waals surface area contributed by atoms with Crippen LogP contribution in [-0.2, 0) is 0 Å². The van der Waals surface area contributed by atoms with E-state index >= 15 is 0 Å². The van der Waals surface area contributed by atoms with Crippen molar-refractivity contribution in [3.05, 3.63) is 29.8 Å². The number of benzene rings is 1. The van der Waals surface area contributed by atoms with Crippen molar-refractivity contribution in [3.8, 4) is 5.75 Å². The van der Waals surface area contributed by atoms with Gasteiger partial charge in [-0.3, -0.25) is 4.90 Å². The first-order valence-corrected chi connectivity index (χ1v) is 7.38. The van der Waals surface area contributed by atoms with E-state index in [1.165, 1.54) is 6.42 Å². The number of para-hydroxylation sites is 1. The number of rotatable bonds is 1. The van der Waals surface area contributed by atoms with E-state index in [1.807, 2.05) is 18.2 Å². The van der Waals surface area contributed by atoms with Crippen molar-refractivity contribution in [3.63, 3.8) is 0 Å². The van der Waals surface area contributed by atoms with Gasteiger partial charge in [0.15, 0.2) is 0 Å². The third-order valence-electron chi connectivity index (χ3n) is 4.94. The predicted octanol–water partition coefficient (Wildman–Crippen LogP) is 2.43. The van der Waals surface area contributed by atoms with Crippen LogP contribution in [0.4, 0.5) is 0 Å². The Balaban J connectivity index is 1.77. The Labute approximate surface area is 115 Å². The SMILES string of the molecule is CC1CCN(C2COc3ccccc3C2N)CC1C. The fourth-order valence-corrected chi connectivity index (χ4v) is 3.30. The molecule has 0 aliphatic carbocycles. The molecule has 104 valence electrons. The average molecular weight is 260 g/mol. The zero-order valence-corrected chi connectivity index (χ0v) is 11.9. The summed E-state index contributed by atoms with van der Waals surface area (Å²) >= 11 is 0. The number of fused-ring (bicyclic) bond motifs is 1. The summed E-state index contributed by atoms with van der Waals surface area (Å²) < 4.78 is 5.90. The molecule has 0 radical (unpaired) electrons. The van der Waals surface area contributed by atoms with Gasteiger partial charge in [-0.05, 0) is 30.9 Å². The van der Waals surface area contributed by atoms with Gasteiger partial charge in [0, 0.05) is 12.1 Å². The van der Waals surface area contributed by atoms with E-state index in [-0.39, 0.29) is 6.04 Å². The van der Waals surface area contributed by atoms with Crippen LogP contribution in [0.3, 0.4) is 0 Å². The summed E-state index contributed by atoms with van der Waals surface area (Å²) in [6, 6.07) is 8.58. The molecule has 0 saturated carbocycles. The molecule has 2 heterocycles. The molecule has 0 spiro atoms. The zero-order chi connectivity index (χ0) is 13.4. The van der Waals surface area contributed by atoms with Crippen LogP contribution in [-0.4, -0.2) is 30.6 Å². The Bertz CT molecular complexity index is 448. The first-order valence-electron chi connectivity index (χ1n) is 7.38. The molecule has 3 heteroatoms. The van der Waals surface area contributed by atoms with Crippen molar-refractivity contribution in [1.82, 2.24) is 4.90 Å². The standard InChI is InChI=1S/C16H24N2O/c1-11-7-8-18(9-12(11)2)14-10-19-15-6-4-3-5-13(15)16(14)17/h3-6,11-12,14,16H,7-10,17H2,1-2H3. The third kappa shape index (κ3) is 2.37. The summed E-state index contributed by atoms with van der Waals surface area (Å²) in [7, 11) is 0. The first kappa shape index (κ1) is 12.9. The third-order valence-corrected chi connectivity index (χ3v) is 4.94. The van der Waals surface area contributed by atoms with Crippen molar-refractivity contribution in [2.24, 2.45) is 17.6 Å². The fraction of sp³-hybridized carbons (Fsp3) is 0.625. The van der Waals surface area contributed by atoms with E-state index in [0.29, 0.717) is 6.04 Å². The molecule has 2 aliphatic heterocycles. The van der Waals surface area contributed by atoms with Crippen molar-refractivity contribution < 1.29 is 4.74 Å². The lowest BCUT2D eigenvalue weighted by Gasteiger charge is -2.44. The summed E-state index contributed by atoms with van der Waals surface area (Å²) in [4.78, 5) is 2.53. The second-order valence-electron chi connectivity index (χ2n) is 6.18. The Morgan fingerprint density at radius 3 is 2.79 bits per heavy atom. The van der Waals surface area contributed by atoms with Crippen LogP contribution in [0, 0.1) is 11.8 Å². The van der Waals surface area contributed by atoms with Gasteiger partial charge in [0.05, 0.1) is 12.1 Å². The van der Waals surface area contributed by atoms with Crippen LogP contribution in [0.2, 0.25) is 0 Å². The molecule has 3 rings (SSSR count). The highest BCUT2D eigenvalue weighted by atomic mass is 16.5. The molecule has 1 saturated heterocycles. The normalized spacial score (nSPS) is 35.5. The monoisotopic (exact) mass is 260 g/mol. The lowest BCUT2D eigenvalue weighted by Crippen LogP contribution is -2.53. The van der Waals surface area contributed by atoms with Crippen LogP contribution in [0.1, 0.15) is 31.9 Å². The van der Waals surface area contributed by atoms with Crippen LogP contribution >= 0.6 is 0 Å². The summed E-state index contributed by atoms with van der Waals surface area (Å²) in [5.41, 5.74) is 7.64. The van der Waals surface area contributed by atoms with Crippen molar-refractivity contribution >= 4 is 0 Å². The molecular weight excluding hydrogens is 236 g/mol. The Morgan fingerprint density at radius 1 is 1.21 bits per heavy atom. The van der Waals surface area contributed by atoms with Gasteiger partial charge < -0.3 is 10.5 Å². The van der Waals surface area contributed by atoms with Crippen LogP contribution in [0.25, 0.3) is 0 Å². The number of piperidine rings is 1. The lowest BCUT2D eigenvalue weighted by atomic mass is 9.86. The molecule has 1 fully saturated rings. The number of nitrogens with two attached hydrogens (primary N) is 1. The second-order valence-corrected chi connectivity index (χ2v) is 6.18. The Morgan fingerprint density at radius 2 is 2.00 bits per heavy atom. The minimum Gasteiger partial charge on any atom is -0.492 e. The minimum absolute atomic E-state index is 0.0746. The van der Waals surface area contributed by atoms with E-state index in [9.17, 15) is 0 Å². The number of hydrogen-bond acceptors (Lipinski definition) is 3. The van der Waals surface area contributed by atoms with Crippen molar-refractivity contribution in [2.75, 3.05) is 19.7 Å². The van der Waals surface area contributed by atoms with Crippen molar-refractivity contribution in [1.29, 1.82) is 0 Å². The summed E-state index contributed by atoms with van der Waals surface area (Å²) in [5, 5.41) is 0. The van der Waals surface area contributed by atoms with Gasteiger partial charge in [-0.1, -0.05) is 32.0 Å². The molecule has 4 atom stereocenters. The molecule has 19 heavy (non-hydrogen) atoms. The molecular formula is C16H24N2O. The average Bonchev–Trinajstić information content (AvgIpc) is 2.43. The van der Waals surface area contributed by atoms with Crippen LogP contribution in [0.15, 0.2) is 24.3 Å². The van der Waals surface area contributed by atoms with Gasteiger partial charge in [-0.15, -0.1) is 0 Å². The molecule has 0 amide bonds. The quantitative estimate of drug-likeness (QED) is 0.843. The molecule has 1 aromatic carbocycles. The summed E-state index contributed by atoms with van der Waals surface area (Å²) in [5.74, 6) is 2.53. The van der Waals surface area contributed by atoms with Crippen LogP contribution < -0.4 is 10.5 Å². The fourth-order valence-electron chi connectivity index (χ4n) is 3.30. The minimum atomic E-state index is 0.0746. The number of hydrogen-bond donors (Lipinski definition) is 1. The van der Waals surface area contributed by atoms with E-state index in [4.69, 9.17) is 10.5 Å². The van der Waals surface area contributed by atoms with E-state index in [1.54, 1.807) is 0 Å². The molecule has 2 N–H and O–H groups in total. The lowest BCUT2D eigenvalue weighted by molar-refractivity contribution is 0.0457. The largest absolute Gasteiger partial charge is 0.492 e. The maximum Gasteiger partial charge on any atom is 0.124 e. The first-order chi connectivity index (χ1) is 9.16. The van der Waals surface area contributed by atoms with Crippen molar-refractivity contribution in [2.45, 2.75) is 32.4 Å². The van der Waals surface area contributed by atoms with E-state index in [2.05, 4.69) is 24.8 Å². The molecule has 1 aromatic rings. The highest BCUT2D eigenvalue weighted by Crippen LogP contribution is 2.34. The summed E-state index contributed by atoms with van der Waals surface area (Å²) in [6.45, 7) is 7.72. The Kier molecular flexibility index (Phi) is 3.50. The highest BCUT2D eigenvalue weighted by molar-refractivity contribution is 5.38. The topological polar surface area (TPSA) is 38.5 Å². The van der Waals surface area contributed by atoms with E-state index in [0.717, 1.165) is 42.8 Å². The van der Waals surface area contributed by atoms with Crippen LogP contribution in [0.5, 0.6) is 5.75 Å². The molecule has 3 nitrogen and oxygen atoms in total. The van der Waals surface area contributed by atoms with Gasteiger partial charge in [-0.25, -0.2) is 0 Å². The maximum atomic E-state index is 6.48. The zero-order valence-electron chi connectivity index (χ0n) is 11.9. The van der Waals surface area contributed by atoms with Gasteiger partial charge in [0.25, 0.3) is 0 Å². The molecule has 0 aromatic heterocycles. The molecule has 2 aliphatic rings.